The van der Waals surface area contributed by atoms with Crippen molar-refractivity contribution in [1.29, 1.82) is 0 Å². The predicted octanol–water partition coefficient (Wildman–Crippen LogP) is 4.88. The zero-order chi connectivity index (χ0) is 18.7. The Kier molecular flexibility index (Phi) is 5.14. The molecule has 26 heavy (non-hydrogen) atoms. The molecule has 3 aromatic rings. The van der Waals surface area contributed by atoms with Crippen LogP contribution in [0.25, 0.3) is 0 Å². The molecule has 0 unspecified atom stereocenters. The molecule has 7 heteroatoms. The van der Waals surface area contributed by atoms with Gasteiger partial charge in [0.1, 0.15) is 5.82 Å². The van der Waals surface area contributed by atoms with Gasteiger partial charge in [-0.3, -0.25) is 4.79 Å². The topological polar surface area (TPSA) is 66.9 Å². The Bertz CT molecular complexity index is 960. The van der Waals surface area contributed by atoms with Crippen molar-refractivity contribution in [3.63, 3.8) is 0 Å². The van der Waals surface area contributed by atoms with E-state index in [1.807, 2.05) is 32.0 Å². The van der Waals surface area contributed by atoms with Gasteiger partial charge in [-0.05, 0) is 49.2 Å². The van der Waals surface area contributed by atoms with Crippen LogP contribution in [0.5, 0.6) is 0 Å². The number of aromatic nitrogens is 2. The van der Waals surface area contributed by atoms with E-state index in [1.54, 1.807) is 0 Å². The van der Waals surface area contributed by atoms with Crippen LogP contribution in [0.15, 0.2) is 48.8 Å². The van der Waals surface area contributed by atoms with Crippen LogP contribution in [-0.2, 0) is 0 Å². The van der Waals surface area contributed by atoms with E-state index in [2.05, 4.69) is 20.6 Å². The van der Waals surface area contributed by atoms with Gasteiger partial charge in [0.15, 0.2) is 0 Å². The molecule has 2 aromatic carbocycles. The standard InChI is InChI=1S/C19H16ClFN4O/c1-11-4-3-5-17(12(11)2)25-19-22-9-13(10-23-19)18(26)24-14-6-7-16(21)15(20)8-14/h3-10H,1-2H3,(H,24,26)(H,22,23,25). The maximum atomic E-state index is 13.2. The molecule has 0 atom stereocenters. The normalized spacial score (nSPS) is 10.5. The van der Waals surface area contributed by atoms with E-state index in [4.69, 9.17) is 11.6 Å². The Labute approximate surface area is 155 Å². The monoisotopic (exact) mass is 370 g/mol. The number of anilines is 3. The van der Waals surface area contributed by atoms with E-state index < -0.39 is 11.7 Å². The van der Waals surface area contributed by atoms with Crippen molar-refractivity contribution < 1.29 is 9.18 Å². The molecule has 5 nitrogen and oxygen atoms in total. The molecular weight excluding hydrogens is 355 g/mol. The second kappa shape index (κ2) is 7.49. The summed E-state index contributed by atoms with van der Waals surface area (Å²) in [6.45, 7) is 4.03. The van der Waals surface area contributed by atoms with Gasteiger partial charge in [-0.1, -0.05) is 23.7 Å². The lowest BCUT2D eigenvalue weighted by molar-refractivity contribution is 0.102. The molecule has 2 N–H and O–H groups in total. The maximum Gasteiger partial charge on any atom is 0.258 e. The summed E-state index contributed by atoms with van der Waals surface area (Å²) in [5, 5.41) is 5.69. The van der Waals surface area contributed by atoms with Gasteiger partial charge in [-0.15, -0.1) is 0 Å². The number of carbonyl (C=O) groups is 1. The van der Waals surface area contributed by atoms with E-state index in [0.29, 0.717) is 11.6 Å². The van der Waals surface area contributed by atoms with Crippen molar-refractivity contribution in [2.45, 2.75) is 13.8 Å². The summed E-state index contributed by atoms with van der Waals surface area (Å²) in [5.41, 5.74) is 3.83. The number of nitrogens with one attached hydrogen (secondary N) is 2. The van der Waals surface area contributed by atoms with Crippen molar-refractivity contribution in [2.75, 3.05) is 10.6 Å². The third kappa shape index (κ3) is 3.97. The van der Waals surface area contributed by atoms with Gasteiger partial charge >= 0.3 is 0 Å². The molecular formula is C19H16ClFN4O. The smallest absolute Gasteiger partial charge is 0.258 e. The fourth-order valence-corrected chi connectivity index (χ4v) is 2.47. The zero-order valence-corrected chi connectivity index (χ0v) is 14.9. The number of benzene rings is 2. The number of aryl methyl sites for hydroxylation is 1. The van der Waals surface area contributed by atoms with Crippen molar-refractivity contribution in [1.82, 2.24) is 9.97 Å². The van der Waals surface area contributed by atoms with Gasteiger partial charge in [0.25, 0.3) is 5.91 Å². The molecule has 3 rings (SSSR count). The van der Waals surface area contributed by atoms with Crippen molar-refractivity contribution in [2.24, 2.45) is 0 Å². The molecule has 0 saturated heterocycles. The van der Waals surface area contributed by atoms with E-state index in [1.165, 1.54) is 30.6 Å². The molecule has 0 fully saturated rings. The molecule has 1 aromatic heterocycles. The van der Waals surface area contributed by atoms with E-state index in [0.717, 1.165) is 16.8 Å². The Hall–Kier alpha value is -2.99. The highest BCUT2D eigenvalue weighted by Gasteiger charge is 2.10. The summed E-state index contributed by atoms with van der Waals surface area (Å²) >= 11 is 5.71. The first-order valence-electron chi connectivity index (χ1n) is 7.86. The van der Waals surface area contributed by atoms with E-state index in [-0.39, 0.29) is 10.6 Å². The molecule has 0 radical (unpaired) electrons. The molecule has 0 bridgehead atoms. The lowest BCUT2D eigenvalue weighted by atomic mass is 10.1. The van der Waals surface area contributed by atoms with Gasteiger partial charge in [0.2, 0.25) is 5.95 Å². The maximum absolute atomic E-state index is 13.2. The van der Waals surface area contributed by atoms with Crippen LogP contribution in [0.1, 0.15) is 21.5 Å². The lowest BCUT2D eigenvalue weighted by Gasteiger charge is -2.10. The summed E-state index contributed by atoms with van der Waals surface area (Å²) in [7, 11) is 0. The first kappa shape index (κ1) is 17.8. The van der Waals surface area contributed by atoms with Crippen LogP contribution < -0.4 is 10.6 Å². The van der Waals surface area contributed by atoms with Crippen molar-refractivity contribution in [3.8, 4) is 0 Å². The fourth-order valence-electron chi connectivity index (χ4n) is 2.29. The second-order valence-corrected chi connectivity index (χ2v) is 6.16. The Balaban J connectivity index is 1.71. The highest BCUT2D eigenvalue weighted by molar-refractivity contribution is 6.31. The highest BCUT2D eigenvalue weighted by Crippen LogP contribution is 2.21. The second-order valence-electron chi connectivity index (χ2n) is 5.75. The first-order chi connectivity index (χ1) is 12.4. The number of hydrogen-bond donors (Lipinski definition) is 2. The number of hydrogen-bond acceptors (Lipinski definition) is 4. The average Bonchev–Trinajstić information content (AvgIpc) is 2.63. The first-order valence-corrected chi connectivity index (χ1v) is 8.23. The van der Waals surface area contributed by atoms with Crippen LogP contribution in [0.4, 0.5) is 21.7 Å². The zero-order valence-electron chi connectivity index (χ0n) is 14.2. The largest absolute Gasteiger partial charge is 0.324 e. The van der Waals surface area contributed by atoms with E-state index >= 15 is 0 Å². The number of amides is 1. The van der Waals surface area contributed by atoms with Crippen LogP contribution in [-0.4, -0.2) is 15.9 Å². The Morgan fingerprint density at radius 2 is 1.85 bits per heavy atom. The number of carbonyl (C=O) groups excluding carboxylic acids is 1. The van der Waals surface area contributed by atoms with Crippen molar-refractivity contribution in [3.05, 3.63) is 76.3 Å². The average molecular weight is 371 g/mol. The molecule has 0 aliphatic carbocycles. The van der Waals surface area contributed by atoms with Gasteiger partial charge in [-0.25, -0.2) is 14.4 Å². The Morgan fingerprint density at radius 3 is 2.54 bits per heavy atom. The number of nitrogens with zero attached hydrogens (tertiary/aromatic N) is 2. The quantitative estimate of drug-likeness (QED) is 0.686. The minimum atomic E-state index is -0.546. The van der Waals surface area contributed by atoms with Crippen LogP contribution in [0, 0.1) is 19.7 Å². The molecule has 0 saturated carbocycles. The van der Waals surface area contributed by atoms with Crippen LogP contribution in [0.2, 0.25) is 5.02 Å². The van der Waals surface area contributed by atoms with Crippen molar-refractivity contribution >= 4 is 34.8 Å². The van der Waals surface area contributed by atoms with Gasteiger partial charge in [0, 0.05) is 23.8 Å². The minimum Gasteiger partial charge on any atom is -0.324 e. The Morgan fingerprint density at radius 1 is 1.12 bits per heavy atom. The summed E-state index contributed by atoms with van der Waals surface area (Å²) in [5.74, 6) is -0.569. The lowest BCUT2D eigenvalue weighted by Crippen LogP contribution is -2.13. The predicted molar refractivity (Wildman–Crippen MR) is 101 cm³/mol. The molecule has 132 valence electrons. The molecule has 1 heterocycles. The fraction of sp³-hybridized carbons (Fsp3) is 0.105. The van der Waals surface area contributed by atoms with E-state index in [9.17, 15) is 9.18 Å². The summed E-state index contributed by atoms with van der Waals surface area (Å²) in [4.78, 5) is 20.6. The number of rotatable bonds is 4. The minimum absolute atomic E-state index is 0.0628. The molecule has 1 amide bonds. The summed E-state index contributed by atoms with van der Waals surface area (Å²) in [6.07, 6.45) is 2.84. The highest BCUT2D eigenvalue weighted by atomic mass is 35.5. The SMILES string of the molecule is Cc1cccc(Nc2ncc(C(=O)Nc3ccc(F)c(Cl)c3)cn2)c1C. The van der Waals surface area contributed by atoms with Crippen LogP contribution in [0.3, 0.4) is 0 Å². The van der Waals surface area contributed by atoms with Gasteiger partial charge < -0.3 is 10.6 Å². The van der Waals surface area contributed by atoms with Crippen LogP contribution >= 0.6 is 11.6 Å². The third-order valence-electron chi connectivity index (χ3n) is 3.94. The molecule has 0 spiro atoms. The molecule has 0 aliphatic heterocycles. The third-order valence-corrected chi connectivity index (χ3v) is 4.23. The number of halogens is 2. The summed E-state index contributed by atoms with van der Waals surface area (Å²) in [6, 6.07) is 9.86. The summed E-state index contributed by atoms with van der Waals surface area (Å²) < 4.78 is 13.2. The van der Waals surface area contributed by atoms with Gasteiger partial charge in [-0.2, -0.15) is 0 Å². The van der Waals surface area contributed by atoms with Gasteiger partial charge in [0.05, 0.1) is 10.6 Å². The molecule has 0 aliphatic rings.